The van der Waals surface area contributed by atoms with Crippen LogP contribution in [0.1, 0.15) is 17.3 Å². The lowest BCUT2D eigenvalue weighted by Crippen LogP contribution is -2.21. The SMILES string of the molecule is CCOC(=O)[C@H](Br)[C@@H](Br)c1ccccc1Cl. The Morgan fingerprint density at radius 3 is 2.62 bits per heavy atom. The normalized spacial score (nSPS) is 14.2. The number of ether oxygens (including phenoxy) is 1. The summed E-state index contributed by atoms with van der Waals surface area (Å²) in [5, 5.41) is 0.623. The highest BCUT2D eigenvalue weighted by atomic mass is 79.9. The molecule has 1 aromatic carbocycles. The first-order valence-electron chi connectivity index (χ1n) is 4.77. The Labute approximate surface area is 117 Å². The van der Waals surface area contributed by atoms with Gasteiger partial charge in [-0.2, -0.15) is 0 Å². The number of hydrogen-bond acceptors (Lipinski definition) is 2. The highest BCUT2D eigenvalue weighted by Crippen LogP contribution is 2.35. The zero-order valence-corrected chi connectivity index (χ0v) is 12.5. The molecular weight excluding hydrogens is 359 g/mol. The van der Waals surface area contributed by atoms with Crippen LogP contribution in [0.4, 0.5) is 0 Å². The van der Waals surface area contributed by atoms with Crippen molar-refractivity contribution in [2.45, 2.75) is 16.6 Å². The lowest BCUT2D eigenvalue weighted by molar-refractivity contribution is -0.142. The molecule has 0 radical (unpaired) electrons. The number of halogens is 3. The molecule has 0 spiro atoms. The minimum Gasteiger partial charge on any atom is -0.465 e. The molecule has 5 heteroatoms. The molecule has 88 valence electrons. The summed E-state index contributed by atoms with van der Waals surface area (Å²) in [6, 6.07) is 7.38. The molecule has 0 saturated carbocycles. The predicted octanol–water partition coefficient (Wildman–Crippen LogP) is 4.10. The van der Waals surface area contributed by atoms with Gasteiger partial charge < -0.3 is 4.74 Å². The second-order valence-electron chi connectivity index (χ2n) is 3.08. The summed E-state index contributed by atoms with van der Waals surface area (Å²) in [6.45, 7) is 2.14. The highest BCUT2D eigenvalue weighted by Gasteiger charge is 2.27. The van der Waals surface area contributed by atoms with Gasteiger partial charge in [0.05, 0.1) is 11.4 Å². The second kappa shape index (κ2) is 6.62. The van der Waals surface area contributed by atoms with Gasteiger partial charge in [-0.3, -0.25) is 4.79 Å². The Bertz CT molecular complexity index is 371. The zero-order chi connectivity index (χ0) is 12.1. The average molecular weight is 370 g/mol. The van der Waals surface area contributed by atoms with Crippen LogP contribution in [0.15, 0.2) is 24.3 Å². The van der Waals surface area contributed by atoms with Gasteiger partial charge >= 0.3 is 5.97 Å². The lowest BCUT2D eigenvalue weighted by Gasteiger charge is -2.16. The Hall–Kier alpha value is -0.0600. The smallest absolute Gasteiger partial charge is 0.321 e. The minimum atomic E-state index is -0.452. The van der Waals surface area contributed by atoms with E-state index < -0.39 is 4.83 Å². The highest BCUT2D eigenvalue weighted by molar-refractivity contribution is 9.12. The number of benzene rings is 1. The van der Waals surface area contributed by atoms with Crippen molar-refractivity contribution in [3.8, 4) is 0 Å². The van der Waals surface area contributed by atoms with Gasteiger partial charge in [-0.05, 0) is 18.6 Å². The molecule has 0 saturated heterocycles. The molecule has 0 aliphatic heterocycles. The van der Waals surface area contributed by atoms with E-state index in [1.54, 1.807) is 13.0 Å². The van der Waals surface area contributed by atoms with Crippen LogP contribution in [0, 0.1) is 0 Å². The van der Waals surface area contributed by atoms with Crippen molar-refractivity contribution in [2.24, 2.45) is 0 Å². The van der Waals surface area contributed by atoms with Crippen LogP contribution in [0.25, 0.3) is 0 Å². The van der Waals surface area contributed by atoms with Gasteiger partial charge in [-0.25, -0.2) is 0 Å². The van der Waals surface area contributed by atoms with E-state index in [0.717, 1.165) is 5.56 Å². The number of carbonyl (C=O) groups excluding carboxylic acids is 1. The molecule has 1 aromatic rings. The van der Waals surface area contributed by atoms with Gasteiger partial charge in [0.15, 0.2) is 0 Å². The molecule has 0 bridgehead atoms. The molecule has 0 aliphatic carbocycles. The molecule has 0 aliphatic rings. The molecule has 0 heterocycles. The standard InChI is InChI=1S/C11H11Br2ClO2/c1-2-16-11(15)10(13)9(12)7-5-3-4-6-8(7)14/h3-6,9-10H,2H2,1H3/t9-,10+/m0/s1. The summed E-state index contributed by atoms with van der Waals surface area (Å²) >= 11 is 12.8. The van der Waals surface area contributed by atoms with Crippen molar-refractivity contribution in [1.29, 1.82) is 0 Å². The molecule has 0 amide bonds. The number of alkyl halides is 2. The van der Waals surface area contributed by atoms with E-state index in [-0.39, 0.29) is 10.8 Å². The zero-order valence-electron chi connectivity index (χ0n) is 8.62. The molecule has 0 fully saturated rings. The maximum absolute atomic E-state index is 11.5. The second-order valence-corrected chi connectivity index (χ2v) is 5.46. The fourth-order valence-electron chi connectivity index (χ4n) is 1.20. The van der Waals surface area contributed by atoms with E-state index in [9.17, 15) is 4.79 Å². The Morgan fingerprint density at radius 2 is 2.06 bits per heavy atom. The summed E-state index contributed by atoms with van der Waals surface area (Å²) in [7, 11) is 0. The van der Waals surface area contributed by atoms with Crippen molar-refractivity contribution in [1.82, 2.24) is 0 Å². The molecule has 1 rings (SSSR count). The van der Waals surface area contributed by atoms with E-state index in [1.807, 2.05) is 18.2 Å². The van der Waals surface area contributed by atoms with Crippen molar-refractivity contribution in [2.75, 3.05) is 6.61 Å². The van der Waals surface area contributed by atoms with Gasteiger partial charge in [-0.1, -0.05) is 61.7 Å². The first-order chi connectivity index (χ1) is 7.57. The van der Waals surface area contributed by atoms with Crippen LogP contribution in [-0.4, -0.2) is 17.4 Å². The van der Waals surface area contributed by atoms with E-state index in [2.05, 4.69) is 31.9 Å². The van der Waals surface area contributed by atoms with Crippen LogP contribution in [-0.2, 0) is 9.53 Å². The van der Waals surface area contributed by atoms with Crippen LogP contribution in [0.3, 0.4) is 0 Å². The maximum Gasteiger partial charge on any atom is 0.321 e. The third-order valence-electron chi connectivity index (χ3n) is 1.97. The molecular formula is C11H11Br2ClO2. The van der Waals surface area contributed by atoms with E-state index in [0.29, 0.717) is 11.6 Å². The quantitative estimate of drug-likeness (QED) is 0.589. The van der Waals surface area contributed by atoms with Crippen molar-refractivity contribution in [3.63, 3.8) is 0 Å². The summed E-state index contributed by atoms with van der Waals surface area (Å²) in [6.07, 6.45) is 0. The largest absolute Gasteiger partial charge is 0.465 e. The van der Waals surface area contributed by atoms with Gasteiger partial charge in [0.2, 0.25) is 0 Å². The first kappa shape index (κ1) is 14.0. The fourth-order valence-corrected chi connectivity index (χ4v) is 2.61. The topological polar surface area (TPSA) is 26.3 Å². The summed E-state index contributed by atoms with van der Waals surface area (Å²) in [5.74, 6) is -0.302. The first-order valence-corrected chi connectivity index (χ1v) is 6.98. The van der Waals surface area contributed by atoms with Crippen LogP contribution < -0.4 is 0 Å². The number of rotatable bonds is 4. The molecule has 2 atom stereocenters. The van der Waals surface area contributed by atoms with Crippen LogP contribution >= 0.6 is 43.5 Å². The Kier molecular flexibility index (Phi) is 5.79. The summed E-state index contributed by atoms with van der Waals surface area (Å²) in [4.78, 5) is 10.9. The molecule has 0 N–H and O–H groups in total. The van der Waals surface area contributed by atoms with Gasteiger partial charge in [0.1, 0.15) is 4.83 Å². The van der Waals surface area contributed by atoms with Gasteiger partial charge in [0, 0.05) is 5.02 Å². The van der Waals surface area contributed by atoms with E-state index in [1.165, 1.54) is 0 Å². The van der Waals surface area contributed by atoms with E-state index in [4.69, 9.17) is 16.3 Å². The number of esters is 1. The van der Waals surface area contributed by atoms with Gasteiger partial charge in [-0.15, -0.1) is 0 Å². The summed E-state index contributed by atoms with van der Waals surface area (Å²) < 4.78 is 4.93. The monoisotopic (exact) mass is 368 g/mol. The molecule has 16 heavy (non-hydrogen) atoms. The third kappa shape index (κ3) is 3.47. The molecule has 2 nitrogen and oxygen atoms in total. The fraction of sp³-hybridized carbons (Fsp3) is 0.364. The van der Waals surface area contributed by atoms with Crippen LogP contribution in [0.2, 0.25) is 5.02 Å². The van der Waals surface area contributed by atoms with Crippen molar-refractivity contribution < 1.29 is 9.53 Å². The predicted molar refractivity (Wildman–Crippen MR) is 72.5 cm³/mol. The molecule has 0 unspecified atom stereocenters. The molecule has 0 aromatic heterocycles. The third-order valence-corrected chi connectivity index (χ3v) is 4.95. The maximum atomic E-state index is 11.5. The Morgan fingerprint density at radius 1 is 1.44 bits per heavy atom. The average Bonchev–Trinajstić information content (AvgIpc) is 2.28. The van der Waals surface area contributed by atoms with Gasteiger partial charge in [0.25, 0.3) is 0 Å². The van der Waals surface area contributed by atoms with Crippen LogP contribution in [0.5, 0.6) is 0 Å². The minimum absolute atomic E-state index is 0.208. The number of carbonyl (C=O) groups is 1. The lowest BCUT2D eigenvalue weighted by atomic mass is 10.1. The van der Waals surface area contributed by atoms with E-state index >= 15 is 0 Å². The van der Waals surface area contributed by atoms with Crippen molar-refractivity contribution in [3.05, 3.63) is 34.9 Å². The number of hydrogen-bond donors (Lipinski definition) is 0. The van der Waals surface area contributed by atoms with Crippen molar-refractivity contribution >= 4 is 49.4 Å². The Balaban J connectivity index is 2.82. The summed E-state index contributed by atoms with van der Waals surface area (Å²) in [5.41, 5.74) is 0.860.